The van der Waals surface area contributed by atoms with Gasteiger partial charge in [-0.2, -0.15) is 4.31 Å². The maximum Gasteiger partial charge on any atom is 0.270 e. The first-order valence-electron chi connectivity index (χ1n) is 9.44. The summed E-state index contributed by atoms with van der Waals surface area (Å²) in [6.07, 6.45) is 0. The number of non-ortho nitro benzene ring substituents is 1. The molecule has 0 radical (unpaired) electrons. The minimum absolute atomic E-state index is 0.0679. The number of thiophene rings is 1. The van der Waals surface area contributed by atoms with Gasteiger partial charge in [-0.3, -0.25) is 14.9 Å². The predicted octanol–water partition coefficient (Wildman–Crippen LogP) is 3.75. The number of fused-ring (bicyclic) bond motifs is 1. The summed E-state index contributed by atoms with van der Waals surface area (Å²) in [5, 5.41) is 11.8. The summed E-state index contributed by atoms with van der Waals surface area (Å²) in [4.78, 5) is 25.4. The zero-order valence-corrected chi connectivity index (χ0v) is 18.6. The molecule has 3 aromatic rings. The van der Waals surface area contributed by atoms with Crippen molar-refractivity contribution in [3.05, 3.63) is 74.1 Å². The van der Waals surface area contributed by atoms with Gasteiger partial charge in [0, 0.05) is 48.4 Å². The molecule has 0 aliphatic carbocycles. The topological polar surface area (TPSA) is 101 Å². The molecule has 2 aromatic carbocycles. The third-order valence-corrected chi connectivity index (χ3v) is 8.62. The zero-order valence-electron chi connectivity index (χ0n) is 16.2. The molecule has 1 amide bonds. The van der Waals surface area contributed by atoms with Gasteiger partial charge in [-0.15, -0.1) is 11.3 Å². The Bertz CT molecular complexity index is 1250. The third kappa shape index (κ3) is 4.42. The van der Waals surface area contributed by atoms with E-state index in [9.17, 15) is 23.3 Å². The third-order valence-electron chi connectivity index (χ3n) is 5.13. The minimum atomic E-state index is -3.48. The number of piperazine rings is 1. The van der Waals surface area contributed by atoms with Gasteiger partial charge in [0.15, 0.2) is 0 Å². The molecule has 2 heterocycles. The van der Waals surface area contributed by atoms with Crippen LogP contribution in [0.15, 0.2) is 48.5 Å². The van der Waals surface area contributed by atoms with E-state index in [1.165, 1.54) is 22.5 Å². The first-order chi connectivity index (χ1) is 14.8. The first kappa shape index (κ1) is 21.7. The molecule has 1 aliphatic heterocycles. The molecule has 1 aromatic heterocycles. The second-order valence-corrected chi connectivity index (χ2v) is 10.5. The van der Waals surface area contributed by atoms with E-state index in [4.69, 9.17) is 11.6 Å². The molecule has 1 aliphatic rings. The molecule has 0 bridgehead atoms. The van der Waals surface area contributed by atoms with E-state index in [-0.39, 0.29) is 48.5 Å². The number of carbonyl (C=O) groups excluding carboxylic acids is 1. The minimum Gasteiger partial charge on any atom is -0.335 e. The lowest BCUT2D eigenvalue weighted by Crippen LogP contribution is -2.50. The van der Waals surface area contributed by atoms with Crippen molar-refractivity contribution < 1.29 is 18.1 Å². The van der Waals surface area contributed by atoms with Crippen LogP contribution in [-0.2, 0) is 15.8 Å². The lowest BCUT2D eigenvalue weighted by Gasteiger charge is -2.33. The Morgan fingerprint density at radius 2 is 1.77 bits per heavy atom. The zero-order chi connectivity index (χ0) is 22.2. The Labute approximate surface area is 187 Å². The van der Waals surface area contributed by atoms with Crippen molar-refractivity contribution in [1.29, 1.82) is 0 Å². The predicted molar refractivity (Wildman–Crippen MR) is 120 cm³/mol. The van der Waals surface area contributed by atoms with Gasteiger partial charge in [0.25, 0.3) is 11.6 Å². The number of hydrogen-bond acceptors (Lipinski definition) is 6. The summed E-state index contributed by atoms with van der Waals surface area (Å²) >= 11 is 7.49. The van der Waals surface area contributed by atoms with Gasteiger partial charge >= 0.3 is 0 Å². The summed E-state index contributed by atoms with van der Waals surface area (Å²) in [6, 6.07) is 13.3. The Hall–Kier alpha value is -2.53. The van der Waals surface area contributed by atoms with E-state index < -0.39 is 14.9 Å². The number of nitro groups is 1. The molecule has 0 N–H and O–H groups in total. The molecule has 0 unspecified atom stereocenters. The lowest BCUT2D eigenvalue weighted by molar-refractivity contribution is -0.384. The highest BCUT2D eigenvalue weighted by Gasteiger charge is 2.31. The van der Waals surface area contributed by atoms with E-state index >= 15 is 0 Å². The molecule has 0 spiro atoms. The van der Waals surface area contributed by atoms with Gasteiger partial charge in [-0.05, 0) is 11.6 Å². The number of carbonyl (C=O) groups is 1. The van der Waals surface area contributed by atoms with Crippen LogP contribution in [0.2, 0.25) is 5.02 Å². The summed E-state index contributed by atoms with van der Waals surface area (Å²) in [7, 11) is -3.48. The van der Waals surface area contributed by atoms with Crippen LogP contribution in [0.25, 0.3) is 10.1 Å². The number of amides is 1. The number of benzene rings is 2. The second kappa shape index (κ2) is 8.54. The number of rotatable bonds is 5. The molecule has 8 nitrogen and oxygen atoms in total. The number of sulfonamides is 1. The van der Waals surface area contributed by atoms with Crippen LogP contribution in [0.1, 0.15) is 15.2 Å². The Morgan fingerprint density at radius 1 is 1.10 bits per heavy atom. The van der Waals surface area contributed by atoms with Crippen LogP contribution < -0.4 is 0 Å². The lowest BCUT2D eigenvalue weighted by atomic mass is 10.2. The summed E-state index contributed by atoms with van der Waals surface area (Å²) in [5.74, 6) is -0.378. The van der Waals surface area contributed by atoms with Gasteiger partial charge in [0.1, 0.15) is 4.88 Å². The molecular formula is C20H18ClN3O5S2. The maximum atomic E-state index is 13.0. The highest BCUT2D eigenvalue weighted by atomic mass is 35.5. The molecule has 4 rings (SSSR count). The van der Waals surface area contributed by atoms with Crippen molar-refractivity contribution >= 4 is 54.6 Å². The molecular weight excluding hydrogens is 462 g/mol. The number of nitro benzene ring substituents is 1. The van der Waals surface area contributed by atoms with Crippen LogP contribution in [0, 0.1) is 10.1 Å². The number of hydrogen-bond donors (Lipinski definition) is 0. The first-order valence-corrected chi connectivity index (χ1v) is 12.2. The van der Waals surface area contributed by atoms with E-state index in [0.717, 1.165) is 11.3 Å². The molecule has 162 valence electrons. The fourth-order valence-electron chi connectivity index (χ4n) is 3.49. The second-order valence-electron chi connectivity index (χ2n) is 7.12. The van der Waals surface area contributed by atoms with Crippen LogP contribution in [0.4, 0.5) is 5.69 Å². The Kier molecular flexibility index (Phi) is 5.98. The summed E-state index contributed by atoms with van der Waals surface area (Å²) < 4.78 is 27.4. The van der Waals surface area contributed by atoms with Gasteiger partial charge in [0.05, 0.1) is 15.7 Å². The van der Waals surface area contributed by atoms with Crippen molar-refractivity contribution in [2.75, 3.05) is 26.2 Å². The van der Waals surface area contributed by atoms with Gasteiger partial charge < -0.3 is 4.90 Å². The molecule has 0 saturated carbocycles. The van der Waals surface area contributed by atoms with Crippen LogP contribution in [0.5, 0.6) is 0 Å². The monoisotopic (exact) mass is 479 g/mol. The van der Waals surface area contributed by atoms with Crippen LogP contribution in [-0.4, -0.2) is 54.6 Å². The summed E-state index contributed by atoms with van der Waals surface area (Å²) in [6.45, 7) is 0.902. The molecule has 31 heavy (non-hydrogen) atoms. The molecule has 1 saturated heterocycles. The van der Waals surface area contributed by atoms with E-state index in [0.29, 0.717) is 20.5 Å². The van der Waals surface area contributed by atoms with Crippen molar-refractivity contribution in [2.45, 2.75) is 5.75 Å². The number of nitrogens with zero attached hydrogens (tertiary/aromatic N) is 3. The van der Waals surface area contributed by atoms with Crippen molar-refractivity contribution in [3.8, 4) is 0 Å². The van der Waals surface area contributed by atoms with Crippen molar-refractivity contribution in [3.63, 3.8) is 0 Å². The van der Waals surface area contributed by atoms with Crippen LogP contribution in [0.3, 0.4) is 0 Å². The van der Waals surface area contributed by atoms with Crippen molar-refractivity contribution in [2.24, 2.45) is 0 Å². The molecule has 1 fully saturated rings. The van der Waals surface area contributed by atoms with Gasteiger partial charge in [-0.1, -0.05) is 41.9 Å². The molecule has 11 heteroatoms. The Morgan fingerprint density at radius 3 is 2.42 bits per heavy atom. The standard InChI is InChI=1S/C20H18ClN3O5S2/c21-18-16-7-6-15(24(26)27)12-17(16)30-19(18)20(25)22-8-10-23(11-9-22)31(28,29)13-14-4-2-1-3-5-14/h1-7,12H,8-11,13H2. The molecule has 0 atom stereocenters. The fraction of sp³-hybridized carbons (Fsp3) is 0.250. The van der Waals surface area contributed by atoms with Gasteiger partial charge in [-0.25, -0.2) is 8.42 Å². The van der Waals surface area contributed by atoms with Crippen molar-refractivity contribution in [1.82, 2.24) is 9.21 Å². The Balaban J connectivity index is 1.47. The van der Waals surface area contributed by atoms with Crippen LogP contribution >= 0.6 is 22.9 Å². The highest BCUT2D eigenvalue weighted by Crippen LogP contribution is 2.38. The van der Waals surface area contributed by atoms with E-state index in [1.54, 1.807) is 29.2 Å². The largest absolute Gasteiger partial charge is 0.335 e. The quantitative estimate of drug-likeness (QED) is 0.409. The average molecular weight is 480 g/mol. The fourth-order valence-corrected chi connectivity index (χ4v) is 6.52. The van der Waals surface area contributed by atoms with E-state index in [1.807, 2.05) is 6.07 Å². The van der Waals surface area contributed by atoms with E-state index in [2.05, 4.69) is 0 Å². The SMILES string of the molecule is O=C(c1sc2cc([N+](=O)[O-])ccc2c1Cl)N1CCN(S(=O)(=O)Cc2ccccc2)CC1. The van der Waals surface area contributed by atoms with Gasteiger partial charge in [0.2, 0.25) is 10.0 Å². The highest BCUT2D eigenvalue weighted by molar-refractivity contribution is 7.88. The summed E-state index contributed by atoms with van der Waals surface area (Å²) in [5.41, 5.74) is 0.647. The normalized spacial score (nSPS) is 15.3. The maximum absolute atomic E-state index is 13.0. The number of halogens is 1. The smallest absolute Gasteiger partial charge is 0.270 e. The average Bonchev–Trinajstić information content (AvgIpc) is 3.09.